The van der Waals surface area contributed by atoms with E-state index in [1.807, 2.05) is 6.07 Å². The van der Waals surface area contributed by atoms with Crippen LogP contribution in [0.2, 0.25) is 5.02 Å². The van der Waals surface area contributed by atoms with Crippen LogP contribution in [0.25, 0.3) is 11.3 Å². The predicted molar refractivity (Wildman–Crippen MR) is 106 cm³/mol. The molecule has 0 aliphatic heterocycles. The lowest BCUT2D eigenvalue weighted by molar-refractivity contribution is -0.146. The van der Waals surface area contributed by atoms with Crippen LogP contribution in [0.4, 0.5) is 13.2 Å². The topological polar surface area (TPSA) is 38.0 Å². The van der Waals surface area contributed by atoms with Crippen molar-refractivity contribution in [1.82, 2.24) is 4.57 Å². The first-order chi connectivity index (χ1) is 12.8. The molecular weight excluding hydrogens is 465 g/mol. The minimum Gasteiger partial charge on any atom is -0.360 e. The zero-order valence-corrected chi connectivity index (χ0v) is 17.6. The molecule has 1 heterocycles. The molecule has 0 bridgehead atoms. The molecule has 1 aromatic carbocycles. The zero-order valence-electron chi connectivity index (χ0n) is 14.4. The van der Waals surface area contributed by atoms with Gasteiger partial charge in [-0.1, -0.05) is 30.7 Å². The maximum absolute atomic E-state index is 13.7. The molecule has 146 valence electrons. The molecule has 0 N–H and O–H groups in total. The van der Waals surface area contributed by atoms with Gasteiger partial charge in [-0.05, 0) is 45.8 Å². The van der Waals surface area contributed by atoms with Gasteiger partial charge in [0, 0.05) is 10.8 Å². The molecule has 0 atom stereocenters. The monoisotopic (exact) mass is 480 g/mol. The fourth-order valence-corrected chi connectivity index (χ4v) is 4.09. The van der Waals surface area contributed by atoms with Gasteiger partial charge in [0.05, 0.1) is 22.3 Å². The van der Waals surface area contributed by atoms with E-state index in [0.717, 1.165) is 16.7 Å². The number of ether oxygens (including phenoxy) is 1. The molecule has 0 radical (unpaired) electrons. The average Bonchev–Trinajstić information content (AvgIpc) is 2.90. The van der Waals surface area contributed by atoms with E-state index in [2.05, 4.69) is 22.9 Å². The number of aromatic nitrogens is 1. The van der Waals surface area contributed by atoms with Crippen molar-refractivity contribution in [3.8, 4) is 17.3 Å². The fourth-order valence-electron chi connectivity index (χ4n) is 2.52. The smallest absolute Gasteiger partial charge is 0.360 e. The van der Waals surface area contributed by atoms with E-state index < -0.39 is 11.9 Å². The van der Waals surface area contributed by atoms with Gasteiger partial charge in [0.15, 0.2) is 0 Å². The molecule has 9 heteroatoms. The van der Waals surface area contributed by atoms with Gasteiger partial charge in [-0.3, -0.25) is 0 Å². The summed E-state index contributed by atoms with van der Waals surface area (Å²) in [5.74, 6) is 1.67. The molecule has 2 rings (SSSR count). The number of rotatable bonds is 8. The third kappa shape index (κ3) is 5.44. The highest BCUT2D eigenvalue weighted by atomic mass is 79.9. The Morgan fingerprint density at radius 1 is 1.26 bits per heavy atom. The van der Waals surface area contributed by atoms with Crippen LogP contribution in [0.5, 0.6) is 0 Å². The minimum absolute atomic E-state index is 0.0893. The Balaban J connectivity index is 2.44. The molecule has 0 fully saturated rings. The number of benzene rings is 1. The van der Waals surface area contributed by atoms with Crippen molar-refractivity contribution in [3.05, 3.63) is 45.0 Å². The zero-order chi connectivity index (χ0) is 20.0. The van der Waals surface area contributed by atoms with Crippen LogP contribution < -0.4 is 0 Å². The van der Waals surface area contributed by atoms with Gasteiger partial charge in [-0.25, -0.2) is 0 Å². The quantitative estimate of drug-likeness (QED) is 0.400. The number of nitrogens with zero attached hydrogens (tertiary/aromatic N) is 2. The molecule has 0 aliphatic rings. The SMILES string of the molecule is CCCSCCOCn1c(-c2ccc(Cl)cc2)c(C#N)c(Br)c1C(F)(F)F. The number of alkyl halides is 3. The van der Waals surface area contributed by atoms with Crippen LogP contribution in [0.1, 0.15) is 24.6 Å². The maximum Gasteiger partial charge on any atom is 0.432 e. The third-order valence-electron chi connectivity index (χ3n) is 3.64. The van der Waals surface area contributed by atoms with Gasteiger partial charge >= 0.3 is 6.18 Å². The lowest BCUT2D eigenvalue weighted by atomic mass is 10.1. The normalized spacial score (nSPS) is 11.6. The van der Waals surface area contributed by atoms with Crippen LogP contribution in [0, 0.1) is 11.3 Å². The summed E-state index contributed by atoms with van der Waals surface area (Å²) in [5.41, 5.74) is -0.426. The Hall–Kier alpha value is -1.14. The fraction of sp³-hybridized carbons (Fsp3) is 0.389. The molecule has 0 saturated carbocycles. The van der Waals surface area contributed by atoms with Crippen molar-refractivity contribution in [3.63, 3.8) is 0 Å². The second-order valence-corrected chi connectivity index (χ2v) is 8.03. The van der Waals surface area contributed by atoms with Gasteiger partial charge < -0.3 is 9.30 Å². The summed E-state index contributed by atoms with van der Waals surface area (Å²) >= 11 is 10.5. The standard InChI is InChI=1S/C18H17BrClF3N2OS/c1-2-8-27-9-7-26-11-25-16(12-3-5-13(20)6-4-12)14(10-24)15(19)17(25)18(21,22)23/h3-6H,2,7-9,11H2,1H3. The molecule has 1 aromatic heterocycles. The minimum atomic E-state index is -4.64. The Kier molecular flexibility index (Phi) is 8.10. The Bertz CT molecular complexity index is 816. The van der Waals surface area contributed by atoms with E-state index in [9.17, 15) is 18.4 Å². The summed E-state index contributed by atoms with van der Waals surface area (Å²) in [6.07, 6.45) is -3.62. The first-order valence-electron chi connectivity index (χ1n) is 8.12. The molecule has 0 spiro atoms. The van der Waals surface area contributed by atoms with E-state index in [1.165, 1.54) is 0 Å². The summed E-state index contributed by atoms with van der Waals surface area (Å²) in [5, 5.41) is 9.91. The molecule has 0 aliphatic carbocycles. The van der Waals surface area contributed by atoms with Crippen molar-refractivity contribution in [2.24, 2.45) is 0 Å². The summed E-state index contributed by atoms with van der Waals surface area (Å²) < 4.78 is 47.2. The van der Waals surface area contributed by atoms with E-state index >= 15 is 0 Å². The summed E-state index contributed by atoms with van der Waals surface area (Å²) in [6, 6.07) is 8.17. The first-order valence-corrected chi connectivity index (χ1v) is 10.4. The molecule has 0 amide bonds. The predicted octanol–water partition coefficient (Wildman–Crippen LogP) is 6.58. The molecule has 27 heavy (non-hydrogen) atoms. The number of nitriles is 1. The lowest BCUT2D eigenvalue weighted by Gasteiger charge is -2.16. The Morgan fingerprint density at radius 3 is 2.48 bits per heavy atom. The van der Waals surface area contributed by atoms with Crippen molar-refractivity contribution in [2.45, 2.75) is 26.3 Å². The average molecular weight is 482 g/mol. The molecule has 0 unspecified atom stereocenters. The van der Waals surface area contributed by atoms with Crippen LogP contribution in [0.15, 0.2) is 28.7 Å². The van der Waals surface area contributed by atoms with Crippen molar-refractivity contribution >= 4 is 39.3 Å². The van der Waals surface area contributed by atoms with Gasteiger partial charge in [-0.2, -0.15) is 30.2 Å². The molecular formula is C18H17BrClF3N2OS. The van der Waals surface area contributed by atoms with Crippen LogP contribution >= 0.6 is 39.3 Å². The van der Waals surface area contributed by atoms with Crippen LogP contribution in [-0.2, 0) is 17.6 Å². The van der Waals surface area contributed by atoms with Crippen LogP contribution in [-0.4, -0.2) is 22.7 Å². The maximum atomic E-state index is 13.7. The number of thioether (sulfide) groups is 1. The van der Waals surface area contributed by atoms with E-state index in [1.54, 1.807) is 36.0 Å². The molecule has 2 aromatic rings. The highest BCUT2D eigenvalue weighted by Gasteiger charge is 2.40. The van der Waals surface area contributed by atoms with Gasteiger partial charge in [-0.15, -0.1) is 0 Å². The Morgan fingerprint density at radius 2 is 1.93 bits per heavy atom. The van der Waals surface area contributed by atoms with E-state index in [4.69, 9.17) is 16.3 Å². The molecule has 3 nitrogen and oxygen atoms in total. The van der Waals surface area contributed by atoms with Crippen molar-refractivity contribution in [1.29, 1.82) is 5.26 Å². The summed E-state index contributed by atoms with van der Waals surface area (Å²) in [7, 11) is 0. The van der Waals surface area contributed by atoms with Crippen molar-refractivity contribution in [2.75, 3.05) is 18.1 Å². The van der Waals surface area contributed by atoms with Gasteiger partial charge in [0.2, 0.25) is 0 Å². The lowest BCUT2D eigenvalue weighted by Crippen LogP contribution is -2.17. The number of hydrogen-bond donors (Lipinski definition) is 0. The Labute approximate surface area is 173 Å². The van der Waals surface area contributed by atoms with Crippen molar-refractivity contribution < 1.29 is 17.9 Å². The number of hydrogen-bond acceptors (Lipinski definition) is 3. The highest BCUT2D eigenvalue weighted by molar-refractivity contribution is 9.10. The molecule has 0 saturated heterocycles. The van der Waals surface area contributed by atoms with E-state index in [0.29, 0.717) is 22.9 Å². The van der Waals surface area contributed by atoms with Crippen LogP contribution in [0.3, 0.4) is 0 Å². The summed E-state index contributed by atoms with van der Waals surface area (Å²) in [4.78, 5) is 0. The third-order valence-corrected chi connectivity index (χ3v) is 5.82. The first kappa shape index (κ1) is 22.2. The second kappa shape index (κ2) is 9.87. The highest BCUT2D eigenvalue weighted by Crippen LogP contribution is 2.43. The van der Waals surface area contributed by atoms with Gasteiger partial charge in [0.25, 0.3) is 0 Å². The summed E-state index contributed by atoms with van der Waals surface area (Å²) in [6.45, 7) is 2.07. The number of halogens is 5. The largest absolute Gasteiger partial charge is 0.432 e. The second-order valence-electron chi connectivity index (χ2n) is 5.58. The van der Waals surface area contributed by atoms with E-state index in [-0.39, 0.29) is 22.5 Å². The van der Waals surface area contributed by atoms with Gasteiger partial charge in [0.1, 0.15) is 18.5 Å².